The Balaban J connectivity index is 2.06. The SMILES string of the molecule is COc1cc(CNS(=O)(=O)c2cnn(CCO)c2)ccn1. The third-order valence-corrected chi connectivity index (χ3v) is 4.08. The molecule has 2 heterocycles. The number of hydrogen-bond acceptors (Lipinski definition) is 6. The van der Waals surface area contributed by atoms with E-state index in [0.717, 1.165) is 5.56 Å². The summed E-state index contributed by atoms with van der Waals surface area (Å²) < 4.78 is 33.0. The molecule has 0 bridgehead atoms. The maximum absolute atomic E-state index is 12.1. The minimum absolute atomic E-state index is 0.0528. The summed E-state index contributed by atoms with van der Waals surface area (Å²) in [6.45, 7) is 0.259. The Morgan fingerprint density at radius 3 is 3.00 bits per heavy atom. The smallest absolute Gasteiger partial charge is 0.243 e. The third kappa shape index (κ3) is 4.00. The van der Waals surface area contributed by atoms with Gasteiger partial charge in [0.1, 0.15) is 4.90 Å². The highest BCUT2D eigenvalue weighted by Gasteiger charge is 2.16. The van der Waals surface area contributed by atoms with E-state index in [4.69, 9.17) is 9.84 Å². The molecule has 0 fully saturated rings. The molecule has 9 heteroatoms. The molecule has 0 aliphatic carbocycles. The molecule has 0 saturated heterocycles. The lowest BCUT2D eigenvalue weighted by molar-refractivity contribution is 0.269. The first-order valence-corrected chi connectivity index (χ1v) is 7.65. The van der Waals surface area contributed by atoms with Gasteiger partial charge in [-0.2, -0.15) is 5.10 Å². The molecule has 0 radical (unpaired) electrons. The standard InChI is InChI=1S/C12H16N4O4S/c1-20-12-6-10(2-3-13-12)7-15-21(18,19)11-8-14-16(9-11)4-5-17/h2-3,6,8-9,15,17H,4-5,7H2,1H3. The van der Waals surface area contributed by atoms with Crippen molar-refractivity contribution in [2.24, 2.45) is 0 Å². The van der Waals surface area contributed by atoms with E-state index in [1.165, 1.54) is 24.2 Å². The number of nitrogens with one attached hydrogen (secondary N) is 1. The molecule has 8 nitrogen and oxygen atoms in total. The van der Waals surface area contributed by atoms with Crippen molar-refractivity contribution in [2.75, 3.05) is 13.7 Å². The van der Waals surface area contributed by atoms with E-state index in [2.05, 4.69) is 14.8 Å². The first-order chi connectivity index (χ1) is 10.0. The Morgan fingerprint density at radius 2 is 2.29 bits per heavy atom. The summed E-state index contributed by atoms with van der Waals surface area (Å²) in [6, 6.07) is 3.35. The molecule has 0 saturated carbocycles. The van der Waals surface area contributed by atoms with Crippen LogP contribution in [0.1, 0.15) is 5.56 Å². The highest BCUT2D eigenvalue weighted by Crippen LogP contribution is 2.11. The number of hydrogen-bond donors (Lipinski definition) is 2. The van der Waals surface area contributed by atoms with E-state index < -0.39 is 10.0 Å². The van der Waals surface area contributed by atoms with Gasteiger partial charge in [-0.05, 0) is 11.6 Å². The molecule has 2 aromatic rings. The molecule has 2 aromatic heterocycles. The zero-order valence-electron chi connectivity index (χ0n) is 11.4. The van der Waals surface area contributed by atoms with Gasteiger partial charge in [0.25, 0.3) is 0 Å². The van der Waals surface area contributed by atoms with Crippen molar-refractivity contribution < 1.29 is 18.3 Å². The molecule has 0 spiro atoms. The predicted octanol–water partition coefficient (Wildman–Crippen LogP) is -0.243. The molecular weight excluding hydrogens is 296 g/mol. The molecule has 2 N–H and O–H groups in total. The average Bonchev–Trinajstić information content (AvgIpc) is 2.95. The van der Waals surface area contributed by atoms with Gasteiger partial charge >= 0.3 is 0 Å². The molecule has 0 amide bonds. The Labute approximate surface area is 122 Å². The number of nitrogens with zero attached hydrogens (tertiary/aromatic N) is 3. The lowest BCUT2D eigenvalue weighted by Gasteiger charge is -2.06. The minimum Gasteiger partial charge on any atom is -0.481 e. The second-order valence-electron chi connectivity index (χ2n) is 4.19. The van der Waals surface area contributed by atoms with Gasteiger partial charge in [0, 0.05) is 25.0 Å². The lowest BCUT2D eigenvalue weighted by atomic mass is 10.3. The van der Waals surface area contributed by atoms with Crippen LogP contribution in [0.15, 0.2) is 35.6 Å². The highest BCUT2D eigenvalue weighted by atomic mass is 32.2. The van der Waals surface area contributed by atoms with Gasteiger partial charge < -0.3 is 9.84 Å². The Bertz CT molecular complexity index is 699. The lowest BCUT2D eigenvalue weighted by Crippen LogP contribution is -2.23. The number of pyridine rings is 1. The van der Waals surface area contributed by atoms with E-state index in [1.807, 2.05) is 0 Å². The number of aliphatic hydroxyl groups excluding tert-OH is 1. The van der Waals surface area contributed by atoms with Gasteiger partial charge in [0.2, 0.25) is 15.9 Å². The summed E-state index contributed by atoms with van der Waals surface area (Å²) in [6.07, 6.45) is 4.15. The quantitative estimate of drug-likeness (QED) is 0.730. The number of aliphatic hydroxyl groups is 1. The predicted molar refractivity (Wildman–Crippen MR) is 74.1 cm³/mol. The van der Waals surface area contributed by atoms with Crippen LogP contribution in [0, 0.1) is 0 Å². The van der Waals surface area contributed by atoms with E-state index in [-0.39, 0.29) is 24.6 Å². The van der Waals surface area contributed by atoms with Gasteiger partial charge in [0.05, 0.1) is 26.5 Å². The molecular formula is C12H16N4O4S. The van der Waals surface area contributed by atoms with E-state index in [1.54, 1.807) is 18.3 Å². The van der Waals surface area contributed by atoms with Gasteiger partial charge in [-0.25, -0.2) is 18.1 Å². The summed E-state index contributed by atoms with van der Waals surface area (Å²) in [5, 5.41) is 12.7. The van der Waals surface area contributed by atoms with Crippen LogP contribution in [0.25, 0.3) is 0 Å². The Kier molecular flexibility index (Phi) is 4.89. The fourth-order valence-corrected chi connectivity index (χ4v) is 2.61. The van der Waals surface area contributed by atoms with Gasteiger partial charge in [-0.3, -0.25) is 4.68 Å². The number of ether oxygens (including phenoxy) is 1. The minimum atomic E-state index is -3.65. The van der Waals surface area contributed by atoms with Crippen molar-refractivity contribution >= 4 is 10.0 Å². The number of rotatable bonds is 7. The fourth-order valence-electron chi connectivity index (χ4n) is 1.64. The van der Waals surface area contributed by atoms with Crippen LogP contribution in [0.3, 0.4) is 0 Å². The molecule has 0 aliphatic rings. The van der Waals surface area contributed by atoms with Gasteiger partial charge in [0.15, 0.2) is 0 Å². The van der Waals surface area contributed by atoms with Crippen LogP contribution in [0.4, 0.5) is 0 Å². The summed E-state index contributed by atoms with van der Waals surface area (Å²) in [7, 11) is -2.16. The topological polar surface area (TPSA) is 106 Å². The Morgan fingerprint density at radius 1 is 1.48 bits per heavy atom. The van der Waals surface area contributed by atoms with Crippen molar-refractivity contribution in [3.63, 3.8) is 0 Å². The molecule has 21 heavy (non-hydrogen) atoms. The van der Waals surface area contributed by atoms with E-state index >= 15 is 0 Å². The normalized spacial score (nSPS) is 11.5. The second kappa shape index (κ2) is 6.66. The van der Waals surface area contributed by atoms with Crippen LogP contribution < -0.4 is 9.46 Å². The summed E-state index contributed by atoms with van der Waals surface area (Å²) in [4.78, 5) is 4.00. The maximum atomic E-state index is 12.1. The average molecular weight is 312 g/mol. The van der Waals surface area contributed by atoms with Crippen LogP contribution >= 0.6 is 0 Å². The van der Waals surface area contributed by atoms with Crippen molar-refractivity contribution in [1.29, 1.82) is 0 Å². The van der Waals surface area contributed by atoms with Gasteiger partial charge in [-0.1, -0.05) is 0 Å². The summed E-state index contributed by atoms with van der Waals surface area (Å²) >= 11 is 0. The van der Waals surface area contributed by atoms with Crippen molar-refractivity contribution in [3.05, 3.63) is 36.3 Å². The van der Waals surface area contributed by atoms with Crippen molar-refractivity contribution in [3.8, 4) is 5.88 Å². The van der Waals surface area contributed by atoms with Crippen LogP contribution in [0.5, 0.6) is 5.88 Å². The molecule has 0 atom stereocenters. The van der Waals surface area contributed by atoms with E-state index in [0.29, 0.717) is 5.88 Å². The highest BCUT2D eigenvalue weighted by molar-refractivity contribution is 7.89. The molecule has 0 aromatic carbocycles. The molecule has 114 valence electrons. The van der Waals surface area contributed by atoms with Crippen LogP contribution in [-0.4, -0.2) is 42.0 Å². The van der Waals surface area contributed by atoms with Crippen molar-refractivity contribution in [1.82, 2.24) is 19.5 Å². The van der Waals surface area contributed by atoms with E-state index in [9.17, 15) is 8.42 Å². The third-order valence-electron chi connectivity index (χ3n) is 2.72. The Hall–Kier alpha value is -1.97. The molecule has 0 unspecified atom stereocenters. The number of sulfonamides is 1. The maximum Gasteiger partial charge on any atom is 0.243 e. The van der Waals surface area contributed by atoms with Crippen molar-refractivity contribution in [2.45, 2.75) is 18.0 Å². The zero-order chi connectivity index (χ0) is 15.3. The number of methoxy groups -OCH3 is 1. The van der Waals surface area contributed by atoms with Gasteiger partial charge in [-0.15, -0.1) is 0 Å². The second-order valence-corrected chi connectivity index (χ2v) is 5.96. The molecule has 2 rings (SSSR count). The fraction of sp³-hybridized carbons (Fsp3) is 0.333. The van der Waals surface area contributed by atoms with Crippen LogP contribution in [-0.2, 0) is 23.1 Å². The number of aromatic nitrogens is 3. The van der Waals surface area contributed by atoms with Crippen LogP contribution in [0.2, 0.25) is 0 Å². The monoisotopic (exact) mass is 312 g/mol. The first kappa shape index (κ1) is 15.4. The molecule has 0 aliphatic heterocycles. The summed E-state index contributed by atoms with van der Waals surface area (Å²) in [5.41, 5.74) is 0.730. The largest absolute Gasteiger partial charge is 0.481 e. The summed E-state index contributed by atoms with van der Waals surface area (Å²) in [5.74, 6) is 0.419. The zero-order valence-corrected chi connectivity index (χ0v) is 12.2. The first-order valence-electron chi connectivity index (χ1n) is 6.17.